The van der Waals surface area contributed by atoms with Gasteiger partial charge in [-0.3, -0.25) is 0 Å². The molecule has 0 fully saturated rings. The molecule has 2 aromatic carbocycles. The van der Waals surface area contributed by atoms with Gasteiger partial charge in [-0.15, -0.1) is 0 Å². The minimum absolute atomic E-state index is 0.190. The van der Waals surface area contributed by atoms with Crippen molar-refractivity contribution in [3.63, 3.8) is 0 Å². The molecule has 3 heteroatoms. The number of hydrogen-bond acceptors (Lipinski definition) is 2. The number of hydrogen-bond donors (Lipinski definition) is 1. The summed E-state index contributed by atoms with van der Waals surface area (Å²) in [7, 11) is 0. The van der Waals surface area contributed by atoms with Gasteiger partial charge >= 0.3 is 0 Å². The van der Waals surface area contributed by atoms with Gasteiger partial charge in [0.1, 0.15) is 5.75 Å². The van der Waals surface area contributed by atoms with Crippen LogP contribution in [0.5, 0.6) is 5.75 Å². The van der Waals surface area contributed by atoms with E-state index in [2.05, 4.69) is 77.3 Å². The van der Waals surface area contributed by atoms with Crippen LogP contribution >= 0.6 is 22.6 Å². The molecule has 1 atom stereocenters. The molecule has 2 aromatic rings. The molecule has 1 unspecified atom stereocenters. The number of nitrogens with one attached hydrogen (secondary N) is 1. The highest BCUT2D eigenvalue weighted by molar-refractivity contribution is 14.1. The summed E-state index contributed by atoms with van der Waals surface area (Å²) in [5.41, 5.74) is 2.52. The Bertz CT molecular complexity index is 583. The zero-order valence-electron chi connectivity index (χ0n) is 12.8. The van der Waals surface area contributed by atoms with Crippen LogP contribution in [0.3, 0.4) is 0 Å². The molecule has 1 N–H and O–H groups in total. The third-order valence-corrected chi connectivity index (χ3v) is 3.82. The van der Waals surface area contributed by atoms with Crippen molar-refractivity contribution in [3.8, 4) is 5.75 Å². The molecule has 0 aliphatic carbocycles. The van der Waals surface area contributed by atoms with Gasteiger partial charge in [0.25, 0.3) is 0 Å². The first-order chi connectivity index (χ1) is 10.1. The fourth-order valence-electron chi connectivity index (χ4n) is 2.36. The molecule has 0 saturated carbocycles. The van der Waals surface area contributed by atoms with E-state index in [1.165, 1.54) is 14.7 Å². The molecule has 2 rings (SSSR count). The number of benzene rings is 2. The third-order valence-electron chi connectivity index (χ3n) is 3.15. The van der Waals surface area contributed by atoms with Crippen molar-refractivity contribution < 1.29 is 4.74 Å². The molecule has 0 spiro atoms. The normalized spacial score (nSPS) is 12.4. The molecule has 0 radical (unpaired) electrons. The van der Waals surface area contributed by atoms with Gasteiger partial charge < -0.3 is 10.1 Å². The molecule has 0 heterocycles. The van der Waals surface area contributed by atoms with Crippen molar-refractivity contribution in [2.45, 2.75) is 32.9 Å². The summed E-state index contributed by atoms with van der Waals surface area (Å²) < 4.78 is 7.07. The molecule has 0 saturated heterocycles. The Hall–Kier alpha value is -1.07. The van der Waals surface area contributed by atoms with E-state index in [0.29, 0.717) is 0 Å². The predicted molar refractivity (Wildman–Crippen MR) is 96.9 cm³/mol. The van der Waals surface area contributed by atoms with Crippen LogP contribution in [-0.2, 0) is 0 Å². The maximum absolute atomic E-state index is 5.81. The van der Waals surface area contributed by atoms with Crippen molar-refractivity contribution in [1.29, 1.82) is 0 Å². The molecular formula is C18H22INO. The Morgan fingerprint density at radius 3 is 2.33 bits per heavy atom. The third kappa shape index (κ3) is 4.71. The maximum Gasteiger partial charge on any atom is 0.120 e. The van der Waals surface area contributed by atoms with E-state index in [9.17, 15) is 0 Å². The molecule has 0 amide bonds. The summed E-state index contributed by atoms with van der Waals surface area (Å²) in [5.74, 6) is 0.927. The second kappa shape index (κ2) is 7.80. The van der Waals surface area contributed by atoms with Crippen LogP contribution in [0.25, 0.3) is 0 Å². The smallest absolute Gasteiger partial charge is 0.120 e. The zero-order chi connectivity index (χ0) is 15.2. The first-order valence-electron chi connectivity index (χ1n) is 7.35. The molecule has 0 bridgehead atoms. The first-order valence-corrected chi connectivity index (χ1v) is 8.43. The summed E-state index contributed by atoms with van der Waals surface area (Å²) in [6.07, 6.45) is 0.190. The van der Waals surface area contributed by atoms with E-state index in [0.717, 1.165) is 12.3 Å². The molecule has 0 aromatic heterocycles. The minimum Gasteiger partial charge on any atom is -0.491 e. The van der Waals surface area contributed by atoms with Crippen LogP contribution in [-0.4, -0.2) is 12.6 Å². The molecular weight excluding hydrogens is 373 g/mol. The fraction of sp³-hybridized carbons (Fsp3) is 0.333. The van der Waals surface area contributed by atoms with E-state index < -0.39 is 0 Å². The standard InChI is InChI=1S/C18H22INO/c1-4-20-18(14-7-5-9-16(19)11-14)15-8-6-10-17(12-15)21-13(2)3/h5-13,18,20H,4H2,1-3H3. The first kappa shape index (κ1) is 16.3. The average molecular weight is 395 g/mol. The predicted octanol–water partition coefficient (Wildman–Crippen LogP) is 4.78. The highest BCUT2D eigenvalue weighted by atomic mass is 127. The Balaban J connectivity index is 2.34. The van der Waals surface area contributed by atoms with Crippen molar-refractivity contribution in [2.24, 2.45) is 0 Å². The minimum atomic E-state index is 0.190. The van der Waals surface area contributed by atoms with Crippen LogP contribution in [0.1, 0.15) is 37.9 Å². The summed E-state index contributed by atoms with van der Waals surface area (Å²) in [4.78, 5) is 0. The lowest BCUT2D eigenvalue weighted by atomic mass is 9.98. The molecule has 0 aliphatic heterocycles. The van der Waals surface area contributed by atoms with Crippen molar-refractivity contribution in [3.05, 3.63) is 63.2 Å². The Labute approximate surface area is 141 Å². The van der Waals surface area contributed by atoms with Gasteiger partial charge in [0.2, 0.25) is 0 Å². The molecule has 0 aliphatic rings. The average Bonchev–Trinajstić information content (AvgIpc) is 2.44. The highest BCUT2D eigenvalue weighted by Crippen LogP contribution is 2.26. The highest BCUT2D eigenvalue weighted by Gasteiger charge is 2.14. The summed E-state index contributed by atoms with van der Waals surface area (Å²) in [6.45, 7) is 7.16. The van der Waals surface area contributed by atoms with Crippen molar-refractivity contribution in [2.75, 3.05) is 6.54 Å². The summed E-state index contributed by atoms with van der Waals surface area (Å²) in [5, 5.41) is 3.56. The van der Waals surface area contributed by atoms with Gasteiger partial charge in [-0.05, 0) is 78.4 Å². The quantitative estimate of drug-likeness (QED) is 0.711. The van der Waals surface area contributed by atoms with Gasteiger partial charge in [0.05, 0.1) is 12.1 Å². The molecule has 21 heavy (non-hydrogen) atoms. The second-order valence-electron chi connectivity index (χ2n) is 5.28. The summed E-state index contributed by atoms with van der Waals surface area (Å²) >= 11 is 2.36. The van der Waals surface area contributed by atoms with Crippen LogP contribution in [0, 0.1) is 3.57 Å². The topological polar surface area (TPSA) is 21.3 Å². The van der Waals surface area contributed by atoms with Crippen LogP contribution in [0.15, 0.2) is 48.5 Å². The van der Waals surface area contributed by atoms with Gasteiger partial charge in [0, 0.05) is 3.57 Å². The Kier molecular flexibility index (Phi) is 6.06. The van der Waals surface area contributed by atoms with E-state index in [1.54, 1.807) is 0 Å². The van der Waals surface area contributed by atoms with Crippen molar-refractivity contribution in [1.82, 2.24) is 5.32 Å². The van der Waals surface area contributed by atoms with E-state index in [1.807, 2.05) is 19.9 Å². The fourth-order valence-corrected chi connectivity index (χ4v) is 2.93. The SMILES string of the molecule is CCNC(c1cccc(I)c1)c1cccc(OC(C)C)c1. The van der Waals surface area contributed by atoms with E-state index in [-0.39, 0.29) is 12.1 Å². The van der Waals surface area contributed by atoms with Crippen LogP contribution in [0.2, 0.25) is 0 Å². The van der Waals surface area contributed by atoms with Crippen molar-refractivity contribution >= 4 is 22.6 Å². The van der Waals surface area contributed by atoms with Gasteiger partial charge in [-0.1, -0.05) is 31.2 Å². The van der Waals surface area contributed by atoms with Gasteiger partial charge in [0.15, 0.2) is 0 Å². The Morgan fingerprint density at radius 2 is 1.71 bits per heavy atom. The lowest BCUT2D eigenvalue weighted by molar-refractivity contribution is 0.242. The molecule has 2 nitrogen and oxygen atoms in total. The number of ether oxygens (including phenoxy) is 1. The lowest BCUT2D eigenvalue weighted by Gasteiger charge is -2.20. The van der Waals surface area contributed by atoms with E-state index >= 15 is 0 Å². The monoisotopic (exact) mass is 395 g/mol. The maximum atomic E-state index is 5.81. The van der Waals surface area contributed by atoms with Gasteiger partial charge in [-0.25, -0.2) is 0 Å². The van der Waals surface area contributed by atoms with Crippen LogP contribution < -0.4 is 10.1 Å². The van der Waals surface area contributed by atoms with Gasteiger partial charge in [-0.2, -0.15) is 0 Å². The number of halogens is 1. The molecule has 112 valence electrons. The zero-order valence-corrected chi connectivity index (χ0v) is 14.9. The van der Waals surface area contributed by atoms with E-state index in [4.69, 9.17) is 4.74 Å². The van der Waals surface area contributed by atoms with Crippen LogP contribution in [0.4, 0.5) is 0 Å². The Morgan fingerprint density at radius 1 is 1.05 bits per heavy atom. The number of rotatable bonds is 6. The second-order valence-corrected chi connectivity index (χ2v) is 6.53. The lowest BCUT2D eigenvalue weighted by Crippen LogP contribution is -2.22. The largest absolute Gasteiger partial charge is 0.491 e. The summed E-state index contributed by atoms with van der Waals surface area (Å²) in [6, 6.07) is 17.2.